The number of nitrogens with one attached hydrogen (secondary N) is 1. The average Bonchev–Trinajstić information content (AvgIpc) is 1.90. The second-order valence-corrected chi connectivity index (χ2v) is 4.38. The Labute approximate surface area is 83.7 Å². The van der Waals surface area contributed by atoms with Crippen LogP contribution in [0, 0.1) is 11.3 Å². The molecule has 1 unspecified atom stereocenters. The second kappa shape index (κ2) is 4.39. The van der Waals surface area contributed by atoms with Gasteiger partial charge in [0.05, 0.1) is 18.5 Å². The Morgan fingerprint density at radius 1 is 1.57 bits per heavy atom. The van der Waals surface area contributed by atoms with Crippen LogP contribution in [0.2, 0.25) is 0 Å². The lowest BCUT2D eigenvalue weighted by Crippen LogP contribution is -2.39. The van der Waals surface area contributed by atoms with E-state index in [1.54, 1.807) is 0 Å². The summed E-state index contributed by atoms with van der Waals surface area (Å²) in [4.78, 5) is 0. The van der Waals surface area contributed by atoms with E-state index in [1.165, 1.54) is 0 Å². The van der Waals surface area contributed by atoms with Gasteiger partial charge in [0.2, 0.25) is 0 Å². The van der Waals surface area contributed by atoms with Crippen LogP contribution in [0.3, 0.4) is 0 Å². The van der Waals surface area contributed by atoms with Crippen LogP contribution in [-0.4, -0.2) is 36.2 Å². The van der Waals surface area contributed by atoms with Crippen molar-refractivity contribution in [3.63, 3.8) is 0 Å². The third-order valence-electron chi connectivity index (χ3n) is 1.88. The maximum atomic E-state index is 12.3. The molecule has 1 rings (SSSR count). The van der Waals surface area contributed by atoms with Crippen LogP contribution >= 0.6 is 11.8 Å². The lowest BCUT2D eigenvalue weighted by molar-refractivity contribution is -0.150. The molecule has 1 saturated heterocycles. The van der Waals surface area contributed by atoms with Crippen molar-refractivity contribution in [2.45, 2.75) is 11.4 Å². The van der Waals surface area contributed by atoms with Crippen molar-refractivity contribution in [2.24, 2.45) is 11.7 Å². The van der Waals surface area contributed by atoms with Gasteiger partial charge in [-0.05, 0) is 0 Å². The molecule has 0 aromatic rings. The summed E-state index contributed by atoms with van der Waals surface area (Å²) >= 11 is 1.16. The number of ether oxygens (including phenoxy) is 1. The highest BCUT2D eigenvalue weighted by atomic mass is 32.2. The summed E-state index contributed by atoms with van der Waals surface area (Å²) in [5.41, 5.74) is 4.89. The highest BCUT2D eigenvalue weighted by Crippen LogP contribution is 2.31. The molecule has 3 nitrogen and oxygen atoms in total. The minimum Gasteiger partial charge on any atom is -0.387 e. The fourth-order valence-electron chi connectivity index (χ4n) is 0.903. The Hall–Kier alpha value is -0.430. The zero-order valence-electron chi connectivity index (χ0n) is 7.30. The molecular formula is C7H11F3N2OS. The molecule has 14 heavy (non-hydrogen) atoms. The van der Waals surface area contributed by atoms with Crippen LogP contribution < -0.4 is 5.73 Å². The van der Waals surface area contributed by atoms with Gasteiger partial charge in [-0.15, -0.1) is 0 Å². The molecule has 82 valence electrons. The van der Waals surface area contributed by atoms with Crippen LogP contribution in [0.15, 0.2) is 0 Å². The Morgan fingerprint density at radius 2 is 2.14 bits per heavy atom. The van der Waals surface area contributed by atoms with E-state index < -0.39 is 17.9 Å². The first-order valence-corrected chi connectivity index (χ1v) is 5.06. The minimum absolute atomic E-state index is 0.124. The van der Waals surface area contributed by atoms with Crippen LogP contribution in [0.4, 0.5) is 13.2 Å². The van der Waals surface area contributed by atoms with Gasteiger partial charge in [0.1, 0.15) is 11.8 Å². The number of thioether (sulfide) groups is 1. The van der Waals surface area contributed by atoms with Crippen molar-refractivity contribution in [1.82, 2.24) is 0 Å². The van der Waals surface area contributed by atoms with Crippen LogP contribution in [0.1, 0.15) is 0 Å². The molecule has 0 aromatic heterocycles. The van der Waals surface area contributed by atoms with Gasteiger partial charge in [-0.2, -0.15) is 24.9 Å². The predicted molar refractivity (Wildman–Crippen MR) is 48.5 cm³/mol. The van der Waals surface area contributed by atoms with Crippen molar-refractivity contribution >= 4 is 17.6 Å². The van der Waals surface area contributed by atoms with Crippen LogP contribution in [0.5, 0.6) is 0 Å². The van der Waals surface area contributed by atoms with Gasteiger partial charge in [-0.1, -0.05) is 0 Å². The number of halogens is 3. The molecule has 0 aromatic carbocycles. The molecule has 0 bridgehead atoms. The topological polar surface area (TPSA) is 59.1 Å². The van der Waals surface area contributed by atoms with E-state index in [4.69, 9.17) is 15.9 Å². The summed E-state index contributed by atoms with van der Waals surface area (Å²) in [6.45, 7) is 0.986. The van der Waals surface area contributed by atoms with Crippen LogP contribution in [-0.2, 0) is 4.74 Å². The minimum atomic E-state index is -4.41. The number of nitrogens with two attached hydrogens (primary N) is 1. The van der Waals surface area contributed by atoms with Crippen molar-refractivity contribution in [2.75, 3.05) is 19.0 Å². The van der Waals surface area contributed by atoms with E-state index in [-0.39, 0.29) is 11.0 Å². The second-order valence-electron chi connectivity index (χ2n) is 3.04. The quantitative estimate of drug-likeness (QED) is 0.562. The molecule has 0 aliphatic carbocycles. The third kappa shape index (κ3) is 3.06. The normalized spacial score (nSPS) is 20.2. The Balaban J connectivity index is 2.39. The lowest BCUT2D eigenvalue weighted by Gasteiger charge is -2.27. The molecule has 1 fully saturated rings. The van der Waals surface area contributed by atoms with Crippen molar-refractivity contribution in [1.29, 1.82) is 5.41 Å². The zero-order valence-corrected chi connectivity index (χ0v) is 8.12. The smallest absolute Gasteiger partial charge is 0.387 e. The monoisotopic (exact) mass is 228 g/mol. The maximum Gasteiger partial charge on any atom is 0.399 e. The summed E-state index contributed by atoms with van der Waals surface area (Å²) in [5, 5.41) is 6.96. The average molecular weight is 228 g/mol. The van der Waals surface area contributed by atoms with Gasteiger partial charge in [0.15, 0.2) is 0 Å². The van der Waals surface area contributed by atoms with Gasteiger partial charge in [0, 0.05) is 5.75 Å². The van der Waals surface area contributed by atoms with Crippen LogP contribution in [0.25, 0.3) is 0 Å². The van der Waals surface area contributed by atoms with Crippen molar-refractivity contribution in [3.8, 4) is 0 Å². The maximum absolute atomic E-state index is 12.3. The van der Waals surface area contributed by atoms with Gasteiger partial charge in [-0.25, -0.2) is 0 Å². The lowest BCUT2D eigenvalue weighted by atomic mass is 10.1. The Morgan fingerprint density at radius 3 is 2.43 bits per heavy atom. The summed E-state index contributed by atoms with van der Waals surface area (Å²) in [6, 6.07) is 0. The summed E-state index contributed by atoms with van der Waals surface area (Å²) in [6.07, 6.45) is -4.41. The van der Waals surface area contributed by atoms with Gasteiger partial charge >= 0.3 is 6.18 Å². The number of hydrogen-bond acceptors (Lipinski definition) is 3. The number of alkyl halides is 3. The number of amidine groups is 1. The first kappa shape index (κ1) is 11.6. The fourth-order valence-corrected chi connectivity index (χ4v) is 2.12. The van der Waals surface area contributed by atoms with E-state index in [2.05, 4.69) is 0 Å². The molecule has 3 N–H and O–H groups in total. The molecule has 0 amide bonds. The number of rotatable bonds is 4. The molecule has 0 spiro atoms. The molecular weight excluding hydrogens is 217 g/mol. The first-order chi connectivity index (χ1) is 6.41. The Bertz CT molecular complexity index is 217. The van der Waals surface area contributed by atoms with Crippen molar-refractivity contribution < 1.29 is 17.9 Å². The largest absolute Gasteiger partial charge is 0.399 e. The molecule has 0 saturated carbocycles. The zero-order chi connectivity index (χ0) is 10.8. The van der Waals surface area contributed by atoms with Gasteiger partial charge in [0.25, 0.3) is 0 Å². The van der Waals surface area contributed by atoms with Crippen molar-refractivity contribution in [3.05, 3.63) is 0 Å². The Kier molecular flexibility index (Phi) is 3.65. The summed E-state index contributed by atoms with van der Waals surface area (Å²) in [7, 11) is 0. The first-order valence-electron chi connectivity index (χ1n) is 4.01. The van der Waals surface area contributed by atoms with E-state index in [9.17, 15) is 13.2 Å². The molecule has 7 heteroatoms. The van der Waals surface area contributed by atoms with Gasteiger partial charge < -0.3 is 10.5 Å². The molecule has 1 aliphatic rings. The highest BCUT2D eigenvalue weighted by Gasteiger charge is 2.42. The number of hydrogen-bond donors (Lipinski definition) is 2. The summed E-state index contributed by atoms with van der Waals surface area (Å²) in [5.74, 6) is -2.83. The van der Waals surface area contributed by atoms with E-state index in [0.29, 0.717) is 13.2 Å². The van der Waals surface area contributed by atoms with Gasteiger partial charge in [-0.3, -0.25) is 5.41 Å². The van der Waals surface area contributed by atoms with E-state index in [0.717, 1.165) is 11.8 Å². The predicted octanol–water partition coefficient (Wildman–Crippen LogP) is 1.23. The molecule has 1 heterocycles. The third-order valence-corrected chi connectivity index (χ3v) is 3.15. The van der Waals surface area contributed by atoms with E-state index >= 15 is 0 Å². The SMILES string of the molecule is N=C(N)C(CSC1COC1)C(F)(F)F. The molecule has 1 atom stereocenters. The molecule has 0 radical (unpaired) electrons. The standard InChI is InChI=1S/C7H11F3N2OS/c8-7(9,10)5(6(11)12)3-14-4-1-13-2-4/h4-5H,1-3H2,(H3,11,12). The summed E-state index contributed by atoms with van der Waals surface area (Å²) < 4.78 is 41.7. The molecule has 1 aliphatic heterocycles. The fraction of sp³-hybridized carbons (Fsp3) is 0.857. The highest BCUT2D eigenvalue weighted by molar-refractivity contribution is 8.00. The van der Waals surface area contributed by atoms with E-state index in [1.807, 2.05) is 0 Å².